The molecule has 6 heteroatoms. The average molecular weight is 237 g/mol. The largest absolute Gasteiger partial charge is 0.363 e. The third kappa shape index (κ3) is 2.38. The minimum absolute atomic E-state index is 0.422. The zero-order valence-corrected chi connectivity index (χ0v) is 9.25. The van der Waals surface area contributed by atoms with E-state index in [9.17, 15) is 4.79 Å². The van der Waals surface area contributed by atoms with Crippen molar-refractivity contribution in [2.45, 2.75) is 6.92 Å². The summed E-state index contributed by atoms with van der Waals surface area (Å²) in [4.78, 5) is 14.8. The number of hydrogen-bond acceptors (Lipinski definition) is 4. The first-order valence-electron chi connectivity index (χ1n) is 4.61. The van der Waals surface area contributed by atoms with Crippen molar-refractivity contribution in [2.24, 2.45) is 0 Å². The Kier molecular flexibility index (Phi) is 2.87. The minimum Gasteiger partial charge on any atom is -0.338 e. The van der Waals surface area contributed by atoms with Gasteiger partial charge in [-0.1, -0.05) is 17.7 Å². The highest BCUT2D eigenvalue weighted by molar-refractivity contribution is 6.30. The third-order valence-corrected chi connectivity index (χ3v) is 2.20. The lowest BCUT2D eigenvalue weighted by Crippen LogP contribution is -2.15. The summed E-state index contributed by atoms with van der Waals surface area (Å²) in [5, 5.41) is 9.64. The number of H-pyrrole nitrogens is 1. The van der Waals surface area contributed by atoms with Crippen LogP contribution >= 0.6 is 11.6 Å². The predicted molar refractivity (Wildman–Crippen MR) is 62.1 cm³/mol. The number of nitrogens with one attached hydrogen (secondary N) is 2. The van der Waals surface area contributed by atoms with Crippen molar-refractivity contribution < 1.29 is 0 Å². The maximum Gasteiger partial charge on any atom is 0.363 e. The molecule has 0 radical (unpaired) electrons. The van der Waals surface area contributed by atoms with Gasteiger partial charge in [0, 0.05) is 10.7 Å². The summed E-state index contributed by atoms with van der Waals surface area (Å²) in [7, 11) is 0. The molecule has 0 aliphatic rings. The normalized spacial score (nSPS) is 10.1. The first-order valence-corrected chi connectivity index (χ1v) is 4.99. The van der Waals surface area contributed by atoms with Crippen LogP contribution in [-0.2, 0) is 0 Å². The van der Waals surface area contributed by atoms with Crippen LogP contribution < -0.4 is 11.0 Å². The average Bonchev–Trinajstić information content (AvgIpc) is 2.24. The number of benzene rings is 1. The van der Waals surface area contributed by atoms with Crippen LogP contribution in [0.2, 0.25) is 5.02 Å². The van der Waals surface area contributed by atoms with E-state index in [1.807, 2.05) is 6.07 Å². The summed E-state index contributed by atoms with van der Waals surface area (Å²) < 4.78 is 0. The van der Waals surface area contributed by atoms with Crippen LogP contribution in [0.1, 0.15) is 5.69 Å². The van der Waals surface area contributed by atoms with Gasteiger partial charge in [-0.05, 0) is 25.1 Å². The molecule has 0 fully saturated rings. The maximum atomic E-state index is 11.0. The zero-order valence-electron chi connectivity index (χ0n) is 8.49. The summed E-state index contributed by atoms with van der Waals surface area (Å²) in [6.45, 7) is 1.75. The lowest BCUT2D eigenvalue weighted by atomic mass is 10.3. The quantitative estimate of drug-likeness (QED) is 0.835. The molecule has 2 rings (SSSR count). The van der Waals surface area contributed by atoms with E-state index in [1.165, 1.54) is 0 Å². The molecule has 2 N–H and O–H groups in total. The number of halogens is 1. The SMILES string of the molecule is Cc1n[nH]c(=O)nc1Nc1cccc(Cl)c1. The van der Waals surface area contributed by atoms with Gasteiger partial charge in [0.05, 0.1) is 0 Å². The smallest absolute Gasteiger partial charge is 0.338 e. The fraction of sp³-hybridized carbons (Fsp3) is 0.100. The molecule has 1 aromatic carbocycles. The number of nitrogens with zero attached hydrogens (tertiary/aromatic N) is 2. The molecule has 0 aliphatic heterocycles. The second kappa shape index (κ2) is 4.32. The molecule has 0 amide bonds. The molecule has 82 valence electrons. The van der Waals surface area contributed by atoms with E-state index in [0.29, 0.717) is 16.5 Å². The fourth-order valence-electron chi connectivity index (χ4n) is 1.21. The van der Waals surface area contributed by atoms with Crippen LogP contribution in [0.5, 0.6) is 0 Å². The second-order valence-corrected chi connectivity index (χ2v) is 3.65. The van der Waals surface area contributed by atoms with Crippen LogP contribution in [0.4, 0.5) is 11.5 Å². The van der Waals surface area contributed by atoms with Crippen molar-refractivity contribution in [2.75, 3.05) is 5.32 Å². The van der Waals surface area contributed by atoms with E-state index >= 15 is 0 Å². The Morgan fingerprint density at radius 2 is 2.25 bits per heavy atom. The Labute approximate surface area is 96.5 Å². The Hall–Kier alpha value is -1.88. The number of aryl methyl sites for hydroxylation is 1. The molecule has 0 bridgehead atoms. The Balaban J connectivity index is 2.33. The van der Waals surface area contributed by atoms with Crippen LogP contribution in [0.3, 0.4) is 0 Å². The topological polar surface area (TPSA) is 70.7 Å². The number of hydrogen-bond donors (Lipinski definition) is 2. The number of aromatic nitrogens is 3. The van der Waals surface area contributed by atoms with Crippen molar-refractivity contribution in [3.05, 3.63) is 45.5 Å². The van der Waals surface area contributed by atoms with Crippen LogP contribution in [-0.4, -0.2) is 15.2 Å². The number of rotatable bonds is 2. The Morgan fingerprint density at radius 3 is 3.00 bits per heavy atom. The van der Waals surface area contributed by atoms with Crippen LogP contribution in [0, 0.1) is 6.92 Å². The molecule has 1 heterocycles. The highest BCUT2D eigenvalue weighted by Gasteiger charge is 2.03. The summed E-state index contributed by atoms with van der Waals surface area (Å²) in [5.74, 6) is 0.422. The van der Waals surface area contributed by atoms with Gasteiger partial charge >= 0.3 is 5.69 Å². The summed E-state index contributed by atoms with van der Waals surface area (Å²) in [5.41, 5.74) is 0.880. The molecule has 0 saturated carbocycles. The van der Waals surface area contributed by atoms with E-state index in [0.717, 1.165) is 5.69 Å². The summed E-state index contributed by atoms with van der Waals surface area (Å²) in [6, 6.07) is 7.14. The standard InChI is InChI=1S/C10H9ClN4O/c1-6-9(13-10(16)15-14-6)12-8-4-2-3-7(11)5-8/h2-5H,1H3,(H2,12,13,15,16). The van der Waals surface area contributed by atoms with Gasteiger partial charge in [0.15, 0.2) is 5.82 Å². The van der Waals surface area contributed by atoms with Crippen molar-refractivity contribution in [1.29, 1.82) is 0 Å². The van der Waals surface area contributed by atoms with Crippen LogP contribution in [0.15, 0.2) is 29.1 Å². The molecule has 1 aromatic heterocycles. The molecule has 5 nitrogen and oxygen atoms in total. The molecule has 0 aliphatic carbocycles. The molecule has 0 spiro atoms. The summed E-state index contributed by atoms with van der Waals surface area (Å²) in [6.07, 6.45) is 0. The fourth-order valence-corrected chi connectivity index (χ4v) is 1.40. The highest BCUT2D eigenvalue weighted by Crippen LogP contribution is 2.18. The lowest BCUT2D eigenvalue weighted by Gasteiger charge is -2.06. The van der Waals surface area contributed by atoms with Crippen molar-refractivity contribution in [3.8, 4) is 0 Å². The maximum absolute atomic E-state index is 11.0. The Bertz CT molecular complexity index is 567. The molecular weight excluding hydrogens is 228 g/mol. The molecule has 16 heavy (non-hydrogen) atoms. The van der Waals surface area contributed by atoms with Crippen molar-refractivity contribution in [1.82, 2.24) is 15.2 Å². The van der Waals surface area contributed by atoms with Crippen LogP contribution in [0.25, 0.3) is 0 Å². The summed E-state index contributed by atoms with van der Waals surface area (Å²) >= 11 is 5.84. The molecule has 0 saturated heterocycles. The van der Waals surface area contributed by atoms with Gasteiger partial charge in [0.2, 0.25) is 0 Å². The lowest BCUT2D eigenvalue weighted by molar-refractivity contribution is 0.885. The van der Waals surface area contributed by atoms with Gasteiger partial charge in [0.25, 0.3) is 0 Å². The molecule has 0 atom stereocenters. The number of anilines is 2. The highest BCUT2D eigenvalue weighted by atomic mass is 35.5. The monoisotopic (exact) mass is 236 g/mol. The molecule has 0 unspecified atom stereocenters. The van der Waals surface area contributed by atoms with E-state index in [1.54, 1.807) is 25.1 Å². The molecular formula is C10H9ClN4O. The van der Waals surface area contributed by atoms with Crippen molar-refractivity contribution >= 4 is 23.1 Å². The van der Waals surface area contributed by atoms with Gasteiger partial charge in [0.1, 0.15) is 5.69 Å². The van der Waals surface area contributed by atoms with Gasteiger partial charge in [-0.15, -0.1) is 0 Å². The van der Waals surface area contributed by atoms with E-state index in [-0.39, 0.29) is 0 Å². The van der Waals surface area contributed by atoms with Gasteiger partial charge in [-0.25, -0.2) is 9.89 Å². The first-order chi connectivity index (χ1) is 7.65. The first kappa shape index (κ1) is 10.6. The predicted octanol–water partition coefficient (Wildman–Crippen LogP) is 1.87. The third-order valence-electron chi connectivity index (χ3n) is 1.96. The zero-order chi connectivity index (χ0) is 11.5. The Morgan fingerprint density at radius 1 is 1.44 bits per heavy atom. The number of aromatic amines is 1. The van der Waals surface area contributed by atoms with Gasteiger partial charge < -0.3 is 5.32 Å². The van der Waals surface area contributed by atoms with E-state index in [2.05, 4.69) is 20.5 Å². The van der Waals surface area contributed by atoms with E-state index in [4.69, 9.17) is 11.6 Å². The van der Waals surface area contributed by atoms with Gasteiger partial charge in [-0.3, -0.25) is 0 Å². The minimum atomic E-state index is -0.491. The van der Waals surface area contributed by atoms with Gasteiger partial charge in [-0.2, -0.15) is 10.1 Å². The van der Waals surface area contributed by atoms with E-state index < -0.39 is 5.69 Å². The second-order valence-electron chi connectivity index (χ2n) is 3.21. The molecule has 2 aromatic rings. The van der Waals surface area contributed by atoms with Crippen molar-refractivity contribution in [3.63, 3.8) is 0 Å².